The first-order valence-electron chi connectivity index (χ1n) is 10.6. The van der Waals surface area contributed by atoms with E-state index < -0.39 is 5.60 Å². The standard InChI is InChI=1S/C24H29N5O2/c1-5-6-18-12-20(26-14-24(3,4)31)22-25-13-21(29(22)28-18)16-7-10-19(15(2)11-16)23(30)27-17-8-9-17/h5-7,10-13,17,26,31H,8-9,14H2,1-4H3,(H,27,30). The van der Waals surface area contributed by atoms with Crippen molar-refractivity contribution in [3.63, 3.8) is 0 Å². The molecule has 0 atom stereocenters. The summed E-state index contributed by atoms with van der Waals surface area (Å²) in [5, 5.41) is 21.2. The molecule has 0 saturated heterocycles. The fourth-order valence-electron chi connectivity index (χ4n) is 3.45. The third-order valence-electron chi connectivity index (χ3n) is 5.21. The Morgan fingerprint density at radius 2 is 2.10 bits per heavy atom. The van der Waals surface area contributed by atoms with E-state index in [9.17, 15) is 9.90 Å². The first-order valence-corrected chi connectivity index (χ1v) is 10.6. The number of hydrogen-bond acceptors (Lipinski definition) is 5. The van der Waals surface area contributed by atoms with Gasteiger partial charge in [-0.3, -0.25) is 4.79 Å². The van der Waals surface area contributed by atoms with Gasteiger partial charge in [0.15, 0.2) is 5.65 Å². The van der Waals surface area contributed by atoms with Crippen molar-refractivity contribution < 1.29 is 9.90 Å². The van der Waals surface area contributed by atoms with Crippen molar-refractivity contribution in [3.8, 4) is 11.3 Å². The molecule has 0 unspecified atom stereocenters. The average molecular weight is 420 g/mol. The number of amides is 1. The summed E-state index contributed by atoms with van der Waals surface area (Å²) < 4.78 is 1.81. The number of aromatic nitrogens is 3. The van der Waals surface area contributed by atoms with Crippen LogP contribution in [0.5, 0.6) is 0 Å². The Hall–Kier alpha value is -3.19. The molecule has 1 aliphatic rings. The lowest BCUT2D eigenvalue weighted by Crippen LogP contribution is -2.29. The molecule has 31 heavy (non-hydrogen) atoms. The summed E-state index contributed by atoms with van der Waals surface area (Å²) in [5.41, 5.74) is 4.79. The zero-order valence-electron chi connectivity index (χ0n) is 18.4. The molecule has 3 N–H and O–H groups in total. The molecule has 0 aliphatic heterocycles. The predicted molar refractivity (Wildman–Crippen MR) is 123 cm³/mol. The summed E-state index contributed by atoms with van der Waals surface area (Å²) in [6.07, 6.45) is 7.77. The van der Waals surface area contributed by atoms with Crippen LogP contribution in [0.2, 0.25) is 0 Å². The van der Waals surface area contributed by atoms with Crippen LogP contribution in [0.15, 0.2) is 36.5 Å². The predicted octanol–water partition coefficient (Wildman–Crippen LogP) is 3.81. The van der Waals surface area contributed by atoms with Gasteiger partial charge in [0.1, 0.15) is 0 Å². The molecule has 7 nitrogen and oxygen atoms in total. The molecule has 1 saturated carbocycles. The molecule has 2 heterocycles. The van der Waals surface area contributed by atoms with E-state index in [0.29, 0.717) is 23.8 Å². The Kier molecular flexibility index (Phi) is 5.54. The highest BCUT2D eigenvalue weighted by Gasteiger charge is 2.24. The van der Waals surface area contributed by atoms with E-state index in [1.165, 1.54) is 0 Å². The molecule has 7 heteroatoms. The number of anilines is 1. The van der Waals surface area contributed by atoms with Gasteiger partial charge in [-0.25, -0.2) is 9.50 Å². The molecule has 4 rings (SSSR count). The Balaban J connectivity index is 1.72. The zero-order valence-corrected chi connectivity index (χ0v) is 18.4. The van der Waals surface area contributed by atoms with Crippen LogP contribution in [0.3, 0.4) is 0 Å². The van der Waals surface area contributed by atoms with E-state index in [1.807, 2.05) is 50.3 Å². The normalized spacial score (nSPS) is 14.4. The van der Waals surface area contributed by atoms with Gasteiger partial charge in [0, 0.05) is 23.7 Å². The highest BCUT2D eigenvalue weighted by Crippen LogP contribution is 2.27. The van der Waals surface area contributed by atoms with E-state index >= 15 is 0 Å². The highest BCUT2D eigenvalue weighted by atomic mass is 16.3. The molecule has 1 amide bonds. The van der Waals surface area contributed by atoms with Crippen LogP contribution >= 0.6 is 0 Å². The zero-order chi connectivity index (χ0) is 22.2. The SMILES string of the molecule is CC=Cc1cc(NCC(C)(C)O)c2ncc(-c3ccc(C(=O)NC4CC4)c(C)c3)n2n1. The Labute approximate surface area is 182 Å². The first kappa shape index (κ1) is 21.1. The largest absolute Gasteiger partial charge is 0.389 e. The van der Waals surface area contributed by atoms with E-state index in [-0.39, 0.29) is 5.91 Å². The van der Waals surface area contributed by atoms with Crippen LogP contribution in [0.25, 0.3) is 23.0 Å². The van der Waals surface area contributed by atoms with Crippen molar-refractivity contribution in [2.24, 2.45) is 0 Å². The van der Waals surface area contributed by atoms with E-state index in [1.54, 1.807) is 24.6 Å². The third-order valence-corrected chi connectivity index (χ3v) is 5.21. The molecule has 0 radical (unpaired) electrons. The number of aryl methyl sites for hydroxylation is 1. The van der Waals surface area contributed by atoms with Gasteiger partial charge in [0.05, 0.1) is 28.9 Å². The molecule has 3 aromatic rings. The van der Waals surface area contributed by atoms with Crippen LogP contribution < -0.4 is 10.6 Å². The first-order chi connectivity index (χ1) is 14.7. The van der Waals surface area contributed by atoms with Gasteiger partial charge in [-0.15, -0.1) is 0 Å². The van der Waals surface area contributed by atoms with Gasteiger partial charge in [0.25, 0.3) is 5.91 Å². The molecule has 1 aromatic carbocycles. The molecule has 1 fully saturated rings. The number of carbonyl (C=O) groups excluding carboxylic acids is 1. The van der Waals surface area contributed by atoms with Gasteiger partial charge in [0.2, 0.25) is 0 Å². The molecule has 0 spiro atoms. The van der Waals surface area contributed by atoms with Crippen LogP contribution in [0.1, 0.15) is 55.2 Å². The number of benzene rings is 1. The monoisotopic (exact) mass is 419 g/mol. The van der Waals surface area contributed by atoms with Crippen LogP contribution in [0, 0.1) is 6.92 Å². The minimum atomic E-state index is -0.857. The lowest BCUT2D eigenvalue weighted by Gasteiger charge is -2.19. The van der Waals surface area contributed by atoms with E-state index in [0.717, 1.165) is 41.0 Å². The number of carbonyl (C=O) groups is 1. The minimum Gasteiger partial charge on any atom is -0.389 e. The molecular formula is C24H29N5O2. The topological polar surface area (TPSA) is 91.5 Å². The van der Waals surface area contributed by atoms with Crippen molar-refractivity contribution in [3.05, 3.63) is 53.4 Å². The summed E-state index contributed by atoms with van der Waals surface area (Å²) in [6.45, 7) is 7.79. The highest BCUT2D eigenvalue weighted by molar-refractivity contribution is 5.96. The molecule has 162 valence electrons. The summed E-state index contributed by atoms with van der Waals surface area (Å²) in [4.78, 5) is 17.0. The average Bonchev–Trinajstić information content (AvgIpc) is 3.41. The maximum atomic E-state index is 12.5. The molecular weight excluding hydrogens is 390 g/mol. The van der Waals surface area contributed by atoms with Crippen molar-refractivity contribution in [1.29, 1.82) is 0 Å². The maximum Gasteiger partial charge on any atom is 0.251 e. The molecule has 0 bridgehead atoms. The quantitative estimate of drug-likeness (QED) is 0.542. The van der Waals surface area contributed by atoms with Gasteiger partial charge in [-0.05, 0) is 70.4 Å². The fraction of sp³-hybridized carbons (Fsp3) is 0.375. The van der Waals surface area contributed by atoms with Crippen LogP contribution in [-0.2, 0) is 0 Å². The van der Waals surface area contributed by atoms with Crippen molar-refractivity contribution in [1.82, 2.24) is 19.9 Å². The Morgan fingerprint density at radius 1 is 1.32 bits per heavy atom. The van der Waals surface area contributed by atoms with E-state index in [2.05, 4.69) is 15.6 Å². The van der Waals surface area contributed by atoms with Crippen molar-refractivity contribution in [2.75, 3.05) is 11.9 Å². The lowest BCUT2D eigenvalue weighted by molar-refractivity contribution is 0.0940. The number of hydrogen-bond donors (Lipinski definition) is 3. The number of allylic oxidation sites excluding steroid dienone is 1. The van der Waals surface area contributed by atoms with Gasteiger partial charge < -0.3 is 15.7 Å². The number of rotatable bonds is 7. The lowest BCUT2D eigenvalue weighted by atomic mass is 10.0. The maximum absolute atomic E-state index is 12.5. The van der Waals surface area contributed by atoms with Crippen LogP contribution in [0.4, 0.5) is 5.69 Å². The van der Waals surface area contributed by atoms with Gasteiger partial charge >= 0.3 is 0 Å². The summed E-state index contributed by atoms with van der Waals surface area (Å²) in [6, 6.07) is 8.06. The van der Waals surface area contributed by atoms with Crippen LogP contribution in [-0.4, -0.2) is 43.8 Å². The third kappa shape index (κ3) is 4.77. The summed E-state index contributed by atoms with van der Waals surface area (Å²) >= 11 is 0. The van der Waals surface area contributed by atoms with Crippen molar-refractivity contribution in [2.45, 2.75) is 52.2 Å². The molecule has 1 aliphatic carbocycles. The second kappa shape index (κ2) is 8.15. The number of imidazole rings is 1. The smallest absolute Gasteiger partial charge is 0.251 e. The Bertz CT molecular complexity index is 1150. The summed E-state index contributed by atoms with van der Waals surface area (Å²) in [7, 11) is 0. The second-order valence-corrected chi connectivity index (χ2v) is 8.81. The second-order valence-electron chi connectivity index (χ2n) is 8.81. The number of fused-ring (bicyclic) bond motifs is 1. The van der Waals surface area contributed by atoms with Crippen molar-refractivity contribution >= 4 is 23.3 Å². The number of aliphatic hydroxyl groups is 1. The Morgan fingerprint density at radius 3 is 2.74 bits per heavy atom. The van der Waals surface area contributed by atoms with E-state index in [4.69, 9.17) is 5.10 Å². The number of nitrogens with zero attached hydrogens (tertiary/aromatic N) is 3. The number of nitrogens with one attached hydrogen (secondary N) is 2. The summed E-state index contributed by atoms with van der Waals surface area (Å²) in [5.74, 6) is -0.0173. The minimum absolute atomic E-state index is 0.0173. The fourth-order valence-corrected chi connectivity index (χ4v) is 3.45. The van der Waals surface area contributed by atoms with Gasteiger partial charge in [-0.2, -0.15) is 5.10 Å². The van der Waals surface area contributed by atoms with Gasteiger partial charge in [-0.1, -0.05) is 12.1 Å². The molecule has 2 aromatic heterocycles.